The third-order valence-corrected chi connectivity index (χ3v) is 5.61. The lowest BCUT2D eigenvalue weighted by Crippen LogP contribution is -2.29. The zero-order valence-corrected chi connectivity index (χ0v) is 19.7. The van der Waals surface area contributed by atoms with Crippen LogP contribution in [-0.4, -0.2) is 36.9 Å². The van der Waals surface area contributed by atoms with Crippen LogP contribution in [0.4, 0.5) is 11.4 Å². The number of benzene rings is 2. The van der Waals surface area contributed by atoms with Crippen molar-refractivity contribution in [3.05, 3.63) is 76.6 Å². The lowest BCUT2D eigenvalue weighted by molar-refractivity contribution is -0.118. The van der Waals surface area contributed by atoms with Crippen molar-refractivity contribution < 1.29 is 9.59 Å². The highest BCUT2D eigenvalue weighted by molar-refractivity contribution is 6.36. The van der Waals surface area contributed by atoms with Crippen molar-refractivity contribution in [2.24, 2.45) is 0 Å². The van der Waals surface area contributed by atoms with E-state index >= 15 is 0 Å². The van der Waals surface area contributed by atoms with Crippen molar-refractivity contribution in [2.75, 3.05) is 30.8 Å². The van der Waals surface area contributed by atoms with Gasteiger partial charge in [-0.2, -0.15) is 0 Å². The fourth-order valence-corrected chi connectivity index (χ4v) is 3.72. The van der Waals surface area contributed by atoms with E-state index in [0.29, 0.717) is 36.0 Å². The Morgan fingerprint density at radius 1 is 0.970 bits per heavy atom. The van der Waals surface area contributed by atoms with E-state index in [2.05, 4.69) is 26.3 Å². The Balaban J connectivity index is 1.67. The SMILES string of the molecule is CNc1cccc(-c2cccc(NC(=O)c3ccc(CNCCNC(C)=O)cn3)c2Cl)c1C. The van der Waals surface area contributed by atoms with E-state index in [1.165, 1.54) is 6.92 Å². The smallest absolute Gasteiger partial charge is 0.274 e. The maximum Gasteiger partial charge on any atom is 0.274 e. The number of hydrogen-bond donors (Lipinski definition) is 4. The number of pyridine rings is 1. The van der Waals surface area contributed by atoms with Gasteiger partial charge in [0.2, 0.25) is 5.91 Å². The van der Waals surface area contributed by atoms with E-state index in [-0.39, 0.29) is 11.8 Å². The van der Waals surface area contributed by atoms with Crippen molar-refractivity contribution >= 4 is 34.8 Å². The number of nitrogens with zero attached hydrogens (tertiary/aromatic N) is 1. The second-order valence-corrected chi connectivity index (χ2v) is 7.94. The number of aromatic nitrogens is 1. The Morgan fingerprint density at radius 3 is 2.36 bits per heavy atom. The molecule has 2 amide bonds. The first-order chi connectivity index (χ1) is 15.9. The standard InChI is InChI=1S/C25H28ClN5O2/c1-16-19(6-4-8-21(16)27-3)20-7-5-9-22(24(20)26)31-25(33)23-11-10-18(15-30-23)14-28-12-13-29-17(2)32/h4-11,15,27-28H,12-14H2,1-3H3,(H,29,32)(H,31,33). The fourth-order valence-electron chi connectivity index (χ4n) is 3.44. The molecule has 172 valence electrons. The topological polar surface area (TPSA) is 95.1 Å². The highest BCUT2D eigenvalue weighted by atomic mass is 35.5. The van der Waals surface area contributed by atoms with Gasteiger partial charge in [0.05, 0.1) is 10.7 Å². The third kappa shape index (κ3) is 6.31. The third-order valence-electron chi connectivity index (χ3n) is 5.20. The zero-order valence-electron chi connectivity index (χ0n) is 19.0. The first-order valence-electron chi connectivity index (χ1n) is 10.7. The molecule has 0 radical (unpaired) electrons. The van der Waals surface area contributed by atoms with Crippen molar-refractivity contribution in [2.45, 2.75) is 20.4 Å². The van der Waals surface area contributed by atoms with Gasteiger partial charge < -0.3 is 21.3 Å². The molecule has 3 rings (SSSR count). The molecule has 0 spiro atoms. The molecule has 0 aliphatic carbocycles. The van der Waals surface area contributed by atoms with Crippen LogP contribution in [0.15, 0.2) is 54.7 Å². The molecule has 1 aromatic heterocycles. The highest BCUT2D eigenvalue weighted by Gasteiger charge is 2.15. The highest BCUT2D eigenvalue weighted by Crippen LogP contribution is 2.37. The maximum absolute atomic E-state index is 12.8. The van der Waals surface area contributed by atoms with Crippen LogP contribution in [0.5, 0.6) is 0 Å². The molecule has 2 aromatic carbocycles. The molecule has 7 nitrogen and oxygen atoms in total. The molecule has 0 fully saturated rings. The van der Waals surface area contributed by atoms with Crippen molar-refractivity contribution in [1.82, 2.24) is 15.6 Å². The average molecular weight is 466 g/mol. The van der Waals surface area contributed by atoms with Crippen molar-refractivity contribution in [3.63, 3.8) is 0 Å². The lowest BCUT2D eigenvalue weighted by Gasteiger charge is -2.15. The van der Waals surface area contributed by atoms with Crippen LogP contribution in [0.1, 0.15) is 28.5 Å². The summed E-state index contributed by atoms with van der Waals surface area (Å²) >= 11 is 6.68. The normalized spacial score (nSPS) is 10.5. The van der Waals surface area contributed by atoms with E-state index in [0.717, 1.165) is 27.9 Å². The molecule has 0 unspecified atom stereocenters. The summed E-state index contributed by atoms with van der Waals surface area (Å²) < 4.78 is 0. The minimum absolute atomic E-state index is 0.0545. The Hall–Kier alpha value is -3.42. The summed E-state index contributed by atoms with van der Waals surface area (Å²) in [7, 11) is 1.88. The Labute approximate surface area is 199 Å². The van der Waals surface area contributed by atoms with Gasteiger partial charge in [0.15, 0.2) is 0 Å². The predicted octanol–water partition coefficient (Wildman–Crippen LogP) is 4.23. The zero-order chi connectivity index (χ0) is 23.8. The fraction of sp³-hybridized carbons (Fsp3) is 0.240. The van der Waals surface area contributed by atoms with Crippen LogP contribution in [-0.2, 0) is 11.3 Å². The summed E-state index contributed by atoms with van der Waals surface area (Å²) in [5.41, 5.74) is 5.70. The molecule has 0 saturated heterocycles. The number of carbonyl (C=O) groups excluding carboxylic acids is 2. The maximum atomic E-state index is 12.8. The van der Waals surface area contributed by atoms with E-state index in [9.17, 15) is 9.59 Å². The molecule has 0 saturated carbocycles. The van der Waals surface area contributed by atoms with Crippen LogP contribution in [0.2, 0.25) is 5.02 Å². The number of amides is 2. The van der Waals surface area contributed by atoms with Crippen LogP contribution >= 0.6 is 11.6 Å². The van der Waals surface area contributed by atoms with Crippen LogP contribution in [0, 0.1) is 6.92 Å². The molecular formula is C25H28ClN5O2. The van der Waals surface area contributed by atoms with Gasteiger partial charge in [-0.3, -0.25) is 14.6 Å². The molecule has 33 heavy (non-hydrogen) atoms. The number of halogens is 1. The van der Waals surface area contributed by atoms with Gasteiger partial charge in [-0.1, -0.05) is 41.9 Å². The van der Waals surface area contributed by atoms with E-state index in [1.807, 2.05) is 50.4 Å². The summed E-state index contributed by atoms with van der Waals surface area (Å²) in [5.74, 6) is -0.388. The van der Waals surface area contributed by atoms with Gasteiger partial charge >= 0.3 is 0 Å². The quantitative estimate of drug-likeness (QED) is 0.355. The van der Waals surface area contributed by atoms with Gasteiger partial charge in [0.1, 0.15) is 5.69 Å². The Kier molecular flexibility index (Phi) is 8.40. The molecular weight excluding hydrogens is 438 g/mol. The van der Waals surface area contributed by atoms with Crippen molar-refractivity contribution in [1.29, 1.82) is 0 Å². The number of hydrogen-bond acceptors (Lipinski definition) is 5. The molecule has 4 N–H and O–H groups in total. The van der Waals surface area contributed by atoms with Gasteiger partial charge in [0, 0.05) is 51.1 Å². The van der Waals surface area contributed by atoms with E-state index < -0.39 is 0 Å². The number of rotatable bonds is 9. The summed E-state index contributed by atoms with van der Waals surface area (Å²) in [6, 6.07) is 15.1. The summed E-state index contributed by atoms with van der Waals surface area (Å²) in [6.07, 6.45) is 1.66. The summed E-state index contributed by atoms with van der Waals surface area (Å²) in [6.45, 7) is 5.31. The Morgan fingerprint density at radius 2 is 1.70 bits per heavy atom. The minimum Gasteiger partial charge on any atom is -0.388 e. The largest absolute Gasteiger partial charge is 0.388 e. The number of nitrogens with one attached hydrogen (secondary N) is 4. The van der Waals surface area contributed by atoms with Crippen LogP contribution < -0.4 is 21.3 Å². The van der Waals surface area contributed by atoms with Crippen molar-refractivity contribution in [3.8, 4) is 11.1 Å². The average Bonchev–Trinajstić information content (AvgIpc) is 2.81. The molecule has 0 bridgehead atoms. The first-order valence-corrected chi connectivity index (χ1v) is 11.1. The van der Waals surface area contributed by atoms with Gasteiger partial charge in [-0.05, 0) is 41.8 Å². The summed E-state index contributed by atoms with van der Waals surface area (Å²) in [4.78, 5) is 27.9. The Bertz CT molecular complexity index is 1130. The summed E-state index contributed by atoms with van der Waals surface area (Å²) in [5, 5.41) is 12.5. The molecule has 3 aromatic rings. The minimum atomic E-state index is -0.333. The van der Waals surface area contributed by atoms with Gasteiger partial charge in [-0.25, -0.2) is 0 Å². The first kappa shape index (κ1) is 24.2. The van der Waals surface area contributed by atoms with Crippen LogP contribution in [0.25, 0.3) is 11.1 Å². The van der Waals surface area contributed by atoms with Gasteiger partial charge in [0.25, 0.3) is 5.91 Å². The molecule has 8 heteroatoms. The predicted molar refractivity (Wildman–Crippen MR) is 134 cm³/mol. The van der Waals surface area contributed by atoms with E-state index in [4.69, 9.17) is 11.6 Å². The second kappa shape index (κ2) is 11.4. The van der Waals surface area contributed by atoms with E-state index in [1.54, 1.807) is 18.3 Å². The molecule has 1 heterocycles. The monoisotopic (exact) mass is 465 g/mol. The molecule has 0 aliphatic heterocycles. The molecule has 0 aliphatic rings. The second-order valence-electron chi connectivity index (χ2n) is 7.56. The number of carbonyl (C=O) groups is 2. The lowest BCUT2D eigenvalue weighted by atomic mass is 9.98. The van der Waals surface area contributed by atoms with Crippen LogP contribution in [0.3, 0.4) is 0 Å². The van der Waals surface area contributed by atoms with Gasteiger partial charge in [-0.15, -0.1) is 0 Å². The number of anilines is 2. The molecule has 0 atom stereocenters.